The third-order valence-corrected chi connectivity index (χ3v) is 4.95. The predicted molar refractivity (Wildman–Crippen MR) is 179 cm³/mol. The maximum absolute atomic E-state index is 2.55. The molecule has 0 N–H and O–H groups in total. The Morgan fingerprint density at radius 1 is 0.500 bits per heavy atom. The Balaban J connectivity index is -0.0000000570. The first kappa shape index (κ1) is 52.4. The largest absolute Gasteiger partial charge is 0.304 e. The molecule has 0 aromatic carbocycles. The highest BCUT2D eigenvalue weighted by atomic mass is 15.2. The van der Waals surface area contributed by atoms with E-state index in [-0.39, 0.29) is 22.3 Å². The highest BCUT2D eigenvalue weighted by Crippen LogP contribution is 2.19. The summed E-state index contributed by atoms with van der Waals surface area (Å²) in [7, 11) is 0. The van der Waals surface area contributed by atoms with Crippen LogP contribution >= 0.6 is 0 Å². The van der Waals surface area contributed by atoms with Crippen molar-refractivity contribution < 1.29 is 0 Å². The molecule has 0 spiro atoms. The summed E-state index contributed by atoms with van der Waals surface area (Å²) >= 11 is 0. The van der Waals surface area contributed by atoms with Crippen LogP contribution in [0.3, 0.4) is 0 Å². The summed E-state index contributed by atoms with van der Waals surface area (Å²) in [4.78, 5) is 5.03. The van der Waals surface area contributed by atoms with Gasteiger partial charge in [-0.05, 0) is 91.0 Å². The smallest absolute Gasteiger partial charge is 0.0125 e. The molecule has 0 aromatic heterocycles. The lowest BCUT2D eigenvalue weighted by molar-refractivity contribution is 0.175. The third kappa shape index (κ3) is 50.7. The van der Waals surface area contributed by atoms with E-state index in [4.69, 9.17) is 0 Å². The summed E-state index contributed by atoms with van der Waals surface area (Å²) in [5.74, 6) is 1.67. The lowest BCUT2D eigenvalue weighted by atomic mass is 10.1. The van der Waals surface area contributed by atoms with Gasteiger partial charge in [-0.25, -0.2) is 0 Å². The molecule has 1 aliphatic carbocycles. The van der Waals surface area contributed by atoms with E-state index in [1.165, 1.54) is 90.5 Å². The highest BCUT2D eigenvalue weighted by Gasteiger charge is 2.23. The van der Waals surface area contributed by atoms with Gasteiger partial charge in [0.15, 0.2) is 0 Å². The fraction of sp³-hybridized carbons (Fsp3) is 1.00. The van der Waals surface area contributed by atoms with Crippen molar-refractivity contribution >= 4 is 0 Å². The van der Waals surface area contributed by atoms with Crippen molar-refractivity contribution in [2.45, 2.75) is 183 Å². The van der Waals surface area contributed by atoms with Gasteiger partial charge < -0.3 is 4.90 Å². The zero-order valence-electron chi connectivity index (χ0n) is 26.4. The fourth-order valence-corrected chi connectivity index (χ4v) is 3.37. The molecule has 0 aromatic rings. The van der Waals surface area contributed by atoms with E-state index in [1.807, 2.05) is 27.7 Å². The van der Waals surface area contributed by atoms with Crippen LogP contribution in [0.2, 0.25) is 0 Å². The summed E-state index contributed by atoms with van der Waals surface area (Å²) in [6.07, 6.45) is 13.1. The molecule has 3 aliphatic rings. The topological polar surface area (TPSA) is 6.48 Å². The number of likely N-dealkylation sites (tertiary alicyclic amines) is 2. The number of nitrogens with zero attached hydrogens (tertiary/aromatic N) is 2. The highest BCUT2D eigenvalue weighted by molar-refractivity contribution is 4.79. The molecular formula is C34H84N2. The quantitative estimate of drug-likeness (QED) is 0.339. The van der Waals surface area contributed by atoms with Gasteiger partial charge >= 0.3 is 0 Å². The molecule has 2 heteroatoms. The number of rotatable bonds is 1. The second-order valence-electron chi connectivity index (χ2n) is 11.2. The van der Waals surface area contributed by atoms with Gasteiger partial charge in [0.2, 0.25) is 0 Å². The van der Waals surface area contributed by atoms with E-state index in [0.29, 0.717) is 5.54 Å². The van der Waals surface area contributed by atoms with Crippen LogP contribution in [0.1, 0.15) is 177 Å². The van der Waals surface area contributed by atoms with Gasteiger partial charge in [0, 0.05) is 5.54 Å². The molecule has 0 atom stereocenters. The molecule has 2 aliphatic heterocycles. The van der Waals surface area contributed by atoms with E-state index in [1.54, 1.807) is 0 Å². The van der Waals surface area contributed by atoms with Crippen molar-refractivity contribution in [3.8, 4) is 0 Å². The Morgan fingerprint density at radius 3 is 0.861 bits per heavy atom. The first-order valence-electron chi connectivity index (χ1n) is 15.0. The van der Waals surface area contributed by atoms with E-state index in [9.17, 15) is 0 Å². The molecule has 0 radical (unpaired) electrons. The van der Waals surface area contributed by atoms with E-state index in [0.717, 1.165) is 11.8 Å². The van der Waals surface area contributed by atoms with Crippen LogP contribution in [0.15, 0.2) is 0 Å². The van der Waals surface area contributed by atoms with Crippen molar-refractivity contribution in [3.05, 3.63) is 0 Å². The molecular weight excluding hydrogens is 436 g/mol. The van der Waals surface area contributed by atoms with Crippen LogP contribution < -0.4 is 0 Å². The summed E-state index contributed by atoms with van der Waals surface area (Å²) < 4.78 is 0. The number of hydrogen-bond acceptors (Lipinski definition) is 2. The van der Waals surface area contributed by atoms with Gasteiger partial charge in [-0.3, -0.25) is 4.90 Å². The molecule has 3 rings (SSSR count). The molecule has 230 valence electrons. The van der Waals surface area contributed by atoms with Crippen molar-refractivity contribution in [1.82, 2.24) is 9.80 Å². The van der Waals surface area contributed by atoms with Crippen LogP contribution in [-0.2, 0) is 0 Å². The van der Waals surface area contributed by atoms with Gasteiger partial charge in [-0.1, -0.05) is 131 Å². The summed E-state index contributed by atoms with van der Waals surface area (Å²) in [6.45, 7) is 36.7. The summed E-state index contributed by atoms with van der Waals surface area (Å²) in [5.41, 5.74) is 0.413. The predicted octanol–water partition coefficient (Wildman–Crippen LogP) is 12.2. The first-order chi connectivity index (χ1) is 15.5. The Morgan fingerprint density at radius 2 is 0.722 bits per heavy atom. The Bertz CT molecular complexity index is 283. The molecule has 36 heavy (non-hydrogen) atoms. The molecule has 2 saturated heterocycles. The molecule has 0 bridgehead atoms. The molecule has 0 unspecified atom stereocenters. The molecule has 1 saturated carbocycles. The van der Waals surface area contributed by atoms with Crippen molar-refractivity contribution in [2.75, 3.05) is 32.7 Å². The zero-order valence-corrected chi connectivity index (χ0v) is 26.4. The third-order valence-electron chi connectivity index (χ3n) is 4.95. The van der Waals surface area contributed by atoms with Gasteiger partial charge in [0.1, 0.15) is 0 Å². The van der Waals surface area contributed by atoms with E-state index >= 15 is 0 Å². The van der Waals surface area contributed by atoms with E-state index < -0.39 is 0 Å². The normalized spacial score (nSPS) is 16.0. The second-order valence-corrected chi connectivity index (χ2v) is 11.2. The van der Waals surface area contributed by atoms with Crippen LogP contribution in [-0.4, -0.2) is 48.1 Å². The summed E-state index contributed by atoms with van der Waals surface area (Å²) in [6, 6.07) is 0. The average molecular weight is 521 g/mol. The van der Waals surface area contributed by atoms with Gasteiger partial charge in [-0.15, -0.1) is 0 Å². The minimum absolute atomic E-state index is 0. The summed E-state index contributed by atoms with van der Waals surface area (Å²) in [5, 5.41) is 0. The van der Waals surface area contributed by atoms with Crippen molar-refractivity contribution in [2.24, 2.45) is 11.8 Å². The zero-order chi connectivity index (χ0) is 26.7. The molecule has 3 fully saturated rings. The van der Waals surface area contributed by atoms with Gasteiger partial charge in [0.05, 0.1) is 0 Å². The fourth-order valence-electron chi connectivity index (χ4n) is 3.37. The van der Waals surface area contributed by atoms with Crippen LogP contribution in [0.5, 0.6) is 0 Å². The van der Waals surface area contributed by atoms with Gasteiger partial charge in [0.25, 0.3) is 0 Å². The standard InChI is InChI=1S/C8H17N.C6H13N.C5H10.2C4H10.2C2H6.3CH4/c1-8(2,3)9-6-4-5-7-9;1-2-7-5-3-4-6-7;1-2-4-5-3-1;2*1-4(2)3;2*1-2;;;/h4-7H2,1-3H3;2-6H2,1H3;1-5H2;2*4H,1-3H3;2*1-2H3;3*1H4. The van der Waals surface area contributed by atoms with E-state index in [2.05, 4.69) is 79.0 Å². The molecule has 0 amide bonds. The SMILES string of the molecule is C.C.C.C1CCCC1.CC.CC.CC(C)(C)N1CCCC1.CC(C)C.CC(C)C.CCN1CCCC1. The van der Waals surface area contributed by atoms with Crippen LogP contribution in [0.4, 0.5) is 0 Å². The average Bonchev–Trinajstić information content (AvgIpc) is 3.55. The lowest BCUT2D eigenvalue weighted by Gasteiger charge is -2.31. The van der Waals surface area contributed by atoms with Gasteiger partial charge in [-0.2, -0.15) is 0 Å². The lowest BCUT2D eigenvalue weighted by Crippen LogP contribution is -2.38. The Hall–Kier alpha value is -0.0800. The minimum Gasteiger partial charge on any atom is -0.304 e. The van der Waals surface area contributed by atoms with Crippen LogP contribution in [0, 0.1) is 11.8 Å². The Kier molecular flexibility index (Phi) is 57.4. The Labute approximate surface area is 236 Å². The minimum atomic E-state index is 0. The molecule has 2 heterocycles. The maximum atomic E-state index is 2.55. The number of hydrogen-bond donors (Lipinski definition) is 0. The maximum Gasteiger partial charge on any atom is 0.0125 e. The monoisotopic (exact) mass is 521 g/mol. The first-order valence-corrected chi connectivity index (χ1v) is 15.0. The van der Waals surface area contributed by atoms with Crippen molar-refractivity contribution in [3.63, 3.8) is 0 Å². The van der Waals surface area contributed by atoms with Crippen LogP contribution in [0.25, 0.3) is 0 Å². The van der Waals surface area contributed by atoms with Crippen molar-refractivity contribution in [1.29, 1.82) is 0 Å². The second kappa shape index (κ2) is 39.4. The molecule has 2 nitrogen and oxygen atoms in total.